The molecule has 0 saturated carbocycles. The van der Waals surface area contributed by atoms with Crippen molar-refractivity contribution in [1.82, 2.24) is 10.6 Å². The van der Waals surface area contributed by atoms with Crippen LogP contribution in [-0.2, 0) is 14.3 Å². The summed E-state index contributed by atoms with van der Waals surface area (Å²) < 4.78 is 5.18. The summed E-state index contributed by atoms with van der Waals surface area (Å²) in [5.74, 6) is -1.29. The van der Waals surface area contributed by atoms with Crippen molar-refractivity contribution < 1.29 is 19.4 Å². The Labute approximate surface area is 107 Å². The van der Waals surface area contributed by atoms with E-state index in [9.17, 15) is 9.59 Å². The second-order valence-corrected chi connectivity index (χ2v) is 4.99. The summed E-state index contributed by atoms with van der Waals surface area (Å²) in [4.78, 5) is 22.8. The Bertz CT molecular complexity index is 288. The van der Waals surface area contributed by atoms with Crippen LogP contribution in [0, 0.1) is 11.8 Å². The van der Waals surface area contributed by atoms with Gasteiger partial charge in [-0.15, -0.1) is 0 Å². The van der Waals surface area contributed by atoms with Gasteiger partial charge >= 0.3 is 5.97 Å². The Balaban J connectivity index is 2.36. The molecule has 0 radical (unpaired) electrons. The van der Waals surface area contributed by atoms with Crippen LogP contribution in [0.25, 0.3) is 0 Å². The smallest absolute Gasteiger partial charge is 0.308 e. The third-order valence-electron chi connectivity index (χ3n) is 2.87. The average molecular weight is 258 g/mol. The molecule has 6 heteroatoms. The zero-order chi connectivity index (χ0) is 13.5. The van der Waals surface area contributed by atoms with Crippen molar-refractivity contribution in [2.24, 2.45) is 11.8 Å². The van der Waals surface area contributed by atoms with Crippen molar-refractivity contribution in [3.63, 3.8) is 0 Å². The van der Waals surface area contributed by atoms with E-state index in [0.717, 1.165) is 0 Å². The first-order chi connectivity index (χ1) is 8.50. The lowest BCUT2D eigenvalue weighted by Gasteiger charge is -2.24. The van der Waals surface area contributed by atoms with E-state index < -0.39 is 11.9 Å². The standard InChI is InChI=1S/C12H22N2O4/c1-8(2)5-9(12(16)17)6-14-11(15)10-7-18-4-3-13-10/h8-10,13H,3-7H2,1-2H3,(H,14,15)(H,16,17). The van der Waals surface area contributed by atoms with E-state index >= 15 is 0 Å². The molecule has 104 valence electrons. The molecule has 1 heterocycles. The fourth-order valence-electron chi connectivity index (χ4n) is 1.92. The van der Waals surface area contributed by atoms with Gasteiger partial charge in [-0.05, 0) is 12.3 Å². The van der Waals surface area contributed by atoms with Gasteiger partial charge in [-0.3, -0.25) is 9.59 Å². The molecule has 6 nitrogen and oxygen atoms in total. The van der Waals surface area contributed by atoms with E-state index in [-0.39, 0.29) is 18.5 Å². The van der Waals surface area contributed by atoms with Crippen LogP contribution in [0.2, 0.25) is 0 Å². The van der Waals surface area contributed by atoms with E-state index in [1.807, 2.05) is 13.8 Å². The molecule has 1 aliphatic rings. The summed E-state index contributed by atoms with van der Waals surface area (Å²) in [5.41, 5.74) is 0. The molecule has 0 bridgehead atoms. The van der Waals surface area contributed by atoms with Crippen molar-refractivity contribution in [2.75, 3.05) is 26.3 Å². The summed E-state index contributed by atoms with van der Waals surface area (Å²) in [6.45, 7) is 5.70. The maximum atomic E-state index is 11.8. The lowest BCUT2D eigenvalue weighted by Crippen LogP contribution is -2.52. The van der Waals surface area contributed by atoms with Crippen molar-refractivity contribution in [3.05, 3.63) is 0 Å². The fraction of sp³-hybridized carbons (Fsp3) is 0.833. The maximum absolute atomic E-state index is 11.8. The number of hydrogen-bond donors (Lipinski definition) is 3. The number of carbonyl (C=O) groups excluding carboxylic acids is 1. The van der Waals surface area contributed by atoms with Gasteiger partial charge in [-0.2, -0.15) is 0 Å². The molecular weight excluding hydrogens is 236 g/mol. The lowest BCUT2D eigenvalue weighted by molar-refractivity contribution is -0.142. The van der Waals surface area contributed by atoms with Crippen LogP contribution in [0.1, 0.15) is 20.3 Å². The van der Waals surface area contributed by atoms with Crippen LogP contribution in [0.4, 0.5) is 0 Å². The predicted octanol–water partition coefficient (Wildman–Crippen LogP) is -0.162. The maximum Gasteiger partial charge on any atom is 0.308 e. The SMILES string of the molecule is CC(C)CC(CNC(=O)C1COCCN1)C(=O)O. The molecule has 18 heavy (non-hydrogen) atoms. The van der Waals surface area contributed by atoms with Gasteiger partial charge < -0.3 is 20.5 Å². The van der Waals surface area contributed by atoms with Gasteiger partial charge in [0, 0.05) is 13.1 Å². The molecule has 1 saturated heterocycles. The van der Waals surface area contributed by atoms with E-state index in [4.69, 9.17) is 9.84 Å². The topological polar surface area (TPSA) is 87.7 Å². The van der Waals surface area contributed by atoms with E-state index in [1.165, 1.54) is 0 Å². The number of aliphatic carboxylic acids is 1. The van der Waals surface area contributed by atoms with Crippen molar-refractivity contribution >= 4 is 11.9 Å². The van der Waals surface area contributed by atoms with Gasteiger partial charge in [0.1, 0.15) is 6.04 Å². The Morgan fingerprint density at radius 3 is 2.72 bits per heavy atom. The summed E-state index contributed by atoms with van der Waals surface area (Å²) in [6.07, 6.45) is 0.560. The number of amides is 1. The molecule has 0 aromatic heterocycles. The second-order valence-electron chi connectivity index (χ2n) is 4.99. The highest BCUT2D eigenvalue weighted by Crippen LogP contribution is 2.11. The zero-order valence-corrected chi connectivity index (χ0v) is 10.9. The quantitative estimate of drug-likeness (QED) is 0.616. The van der Waals surface area contributed by atoms with Gasteiger partial charge in [0.15, 0.2) is 0 Å². The van der Waals surface area contributed by atoms with Gasteiger partial charge in [0.05, 0.1) is 19.1 Å². The Morgan fingerprint density at radius 1 is 1.50 bits per heavy atom. The lowest BCUT2D eigenvalue weighted by atomic mass is 9.97. The number of nitrogens with one attached hydrogen (secondary N) is 2. The minimum atomic E-state index is -0.864. The van der Waals surface area contributed by atoms with Gasteiger partial charge in [-0.25, -0.2) is 0 Å². The number of carbonyl (C=O) groups is 2. The molecule has 1 rings (SSSR count). The monoisotopic (exact) mass is 258 g/mol. The Kier molecular flexibility index (Phi) is 6.07. The van der Waals surface area contributed by atoms with Crippen LogP contribution in [0.15, 0.2) is 0 Å². The van der Waals surface area contributed by atoms with E-state index in [1.54, 1.807) is 0 Å². The molecule has 0 aromatic rings. The molecule has 0 aromatic carbocycles. The number of carboxylic acid groups (broad SMARTS) is 1. The molecular formula is C12H22N2O4. The predicted molar refractivity (Wildman–Crippen MR) is 66.2 cm³/mol. The minimum Gasteiger partial charge on any atom is -0.481 e. The van der Waals surface area contributed by atoms with Crippen LogP contribution < -0.4 is 10.6 Å². The van der Waals surface area contributed by atoms with Gasteiger partial charge in [0.25, 0.3) is 0 Å². The summed E-state index contributed by atoms with van der Waals surface area (Å²) >= 11 is 0. The molecule has 1 fully saturated rings. The van der Waals surface area contributed by atoms with Crippen molar-refractivity contribution in [3.8, 4) is 0 Å². The third kappa shape index (κ3) is 5.01. The first-order valence-electron chi connectivity index (χ1n) is 6.32. The molecule has 0 spiro atoms. The molecule has 2 unspecified atom stereocenters. The Morgan fingerprint density at radius 2 is 2.22 bits per heavy atom. The van der Waals surface area contributed by atoms with Crippen LogP contribution in [0.5, 0.6) is 0 Å². The molecule has 1 amide bonds. The second kappa shape index (κ2) is 7.33. The zero-order valence-electron chi connectivity index (χ0n) is 10.9. The van der Waals surface area contributed by atoms with E-state index in [2.05, 4.69) is 10.6 Å². The van der Waals surface area contributed by atoms with Crippen LogP contribution in [0.3, 0.4) is 0 Å². The highest BCUT2D eigenvalue weighted by atomic mass is 16.5. The van der Waals surface area contributed by atoms with Gasteiger partial charge in [-0.1, -0.05) is 13.8 Å². The highest BCUT2D eigenvalue weighted by molar-refractivity contribution is 5.82. The normalized spacial score (nSPS) is 21.6. The van der Waals surface area contributed by atoms with Crippen LogP contribution in [-0.4, -0.2) is 49.3 Å². The number of rotatable bonds is 6. The molecule has 2 atom stereocenters. The minimum absolute atomic E-state index is 0.171. The largest absolute Gasteiger partial charge is 0.481 e. The van der Waals surface area contributed by atoms with Gasteiger partial charge in [0.2, 0.25) is 5.91 Å². The number of hydrogen-bond acceptors (Lipinski definition) is 4. The summed E-state index contributed by atoms with van der Waals surface area (Å²) in [7, 11) is 0. The fourth-order valence-corrected chi connectivity index (χ4v) is 1.92. The number of ether oxygens (including phenoxy) is 1. The molecule has 3 N–H and O–H groups in total. The van der Waals surface area contributed by atoms with Crippen LogP contribution >= 0.6 is 0 Å². The number of carboxylic acids is 1. The molecule has 1 aliphatic heterocycles. The number of morpholine rings is 1. The summed E-state index contributed by atoms with van der Waals surface area (Å²) in [5, 5.41) is 14.8. The van der Waals surface area contributed by atoms with Crippen molar-refractivity contribution in [1.29, 1.82) is 0 Å². The highest BCUT2D eigenvalue weighted by Gasteiger charge is 2.24. The summed E-state index contributed by atoms with van der Waals surface area (Å²) in [6, 6.07) is -0.368. The first kappa shape index (κ1) is 14.9. The van der Waals surface area contributed by atoms with E-state index in [0.29, 0.717) is 32.1 Å². The average Bonchev–Trinajstić information content (AvgIpc) is 2.34. The third-order valence-corrected chi connectivity index (χ3v) is 2.87. The molecule has 0 aliphatic carbocycles. The first-order valence-corrected chi connectivity index (χ1v) is 6.32. The van der Waals surface area contributed by atoms with Crippen molar-refractivity contribution in [2.45, 2.75) is 26.3 Å². The Hall–Kier alpha value is -1.14.